The maximum Gasteiger partial charge on any atom is 0.433 e. The monoisotopic (exact) mass is 246 g/mol. The lowest BCUT2D eigenvalue weighted by molar-refractivity contribution is -0.141. The summed E-state index contributed by atoms with van der Waals surface area (Å²) in [5.74, 6) is -0.120. The van der Waals surface area contributed by atoms with Crippen LogP contribution >= 0.6 is 0 Å². The highest BCUT2D eigenvalue weighted by molar-refractivity contribution is 5.82. The first-order valence-corrected chi connectivity index (χ1v) is 4.88. The van der Waals surface area contributed by atoms with Crippen LogP contribution in [0.25, 0.3) is 0 Å². The summed E-state index contributed by atoms with van der Waals surface area (Å²) in [7, 11) is 0. The number of anilines is 1. The molecule has 5 nitrogen and oxygen atoms in total. The third-order valence-corrected chi connectivity index (χ3v) is 2.31. The van der Waals surface area contributed by atoms with E-state index in [4.69, 9.17) is 0 Å². The van der Waals surface area contributed by atoms with Crippen LogP contribution in [-0.4, -0.2) is 35.5 Å². The number of aromatic nitrogens is 2. The van der Waals surface area contributed by atoms with Gasteiger partial charge < -0.3 is 10.2 Å². The van der Waals surface area contributed by atoms with Crippen LogP contribution in [0, 0.1) is 0 Å². The van der Waals surface area contributed by atoms with Crippen LogP contribution in [0.3, 0.4) is 0 Å². The second kappa shape index (κ2) is 4.19. The van der Waals surface area contributed by atoms with E-state index in [1.807, 2.05) is 0 Å². The van der Waals surface area contributed by atoms with Crippen LogP contribution in [0.1, 0.15) is 5.69 Å². The lowest BCUT2D eigenvalue weighted by Crippen LogP contribution is -2.48. The molecule has 1 amide bonds. The number of piperazine rings is 1. The van der Waals surface area contributed by atoms with Crippen LogP contribution < -0.4 is 10.2 Å². The minimum Gasteiger partial charge on any atom is -0.353 e. The molecule has 0 atom stereocenters. The third kappa shape index (κ3) is 2.63. The zero-order valence-electron chi connectivity index (χ0n) is 8.66. The fraction of sp³-hybridized carbons (Fsp3) is 0.444. The Kier molecular flexibility index (Phi) is 2.86. The number of carbonyl (C=O) groups is 1. The van der Waals surface area contributed by atoms with E-state index in [0.717, 1.165) is 12.4 Å². The number of alkyl halides is 3. The SMILES string of the molecule is O=C1CN(c2cc(C(F)(F)F)ncn2)CCN1. The van der Waals surface area contributed by atoms with Gasteiger partial charge in [0.05, 0.1) is 6.54 Å². The van der Waals surface area contributed by atoms with Crippen molar-refractivity contribution in [3.8, 4) is 0 Å². The number of amides is 1. The van der Waals surface area contributed by atoms with Crippen molar-refractivity contribution in [2.24, 2.45) is 0 Å². The number of hydrogen-bond donors (Lipinski definition) is 1. The molecule has 8 heteroatoms. The molecule has 0 radical (unpaired) electrons. The van der Waals surface area contributed by atoms with Crippen molar-refractivity contribution >= 4 is 11.7 Å². The molecule has 1 aliphatic heterocycles. The molecule has 0 aliphatic carbocycles. The minimum atomic E-state index is -4.50. The average molecular weight is 246 g/mol. The van der Waals surface area contributed by atoms with Crippen LogP contribution in [0.5, 0.6) is 0 Å². The molecular weight excluding hydrogens is 237 g/mol. The van der Waals surface area contributed by atoms with E-state index in [0.29, 0.717) is 13.1 Å². The molecule has 1 aromatic heterocycles. The van der Waals surface area contributed by atoms with Crippen LogP contribution in [0.15, 0.2) is 12.4 Å². The molecule has 0 unspecified atom stereocenters. The number of halogens is 3. The highest BCUT2D eigenvalue weighted by Crippen LogP contribution is 2.28. The summed E-state index contributed by atoms with van der Waals surface area (Å²) in [6.45, 7) is 0.832. The van der Waals surface area contributed by atoms with E-state index in [-0.39, 0.29) is 18.3 Å². The van der Waals surface area contributed by atoms with E-state index in [9.17, 15) is 18.0 Å². The Morgan fingerprint density at radius 3 is 2.76 bits per heavy atom. The molecule has 1 aromatic rings. The highest BCUT2D eigenvalue weighted by atomic mass is 19.4. The number of hydrogen-bond acceptors (Lipinski definition) is 4. The molecule has 2 heterocycles. The first kappa shape index (κ1) is 11.6. The molecule has 0 saturated carbocycles. The second-order valence-electron chi connectivity index (χ2n) is 3.53. The molecule has 92 valence electrons. The van der Waals surface area contributed by atoms with Gasteiger partial charge in [0.15, 0.2) is 0 Å². The summed E-state index contributed by atoms with van der Waals surface area (Å²) >= 11 is 0. The van der Waals surface area contributed by atoms with Crippen molar-refractivity contribution < 1.29 is 18.0 Å². The third-order valence-electron chi connectivity index (χ3n) is 2.31. The Morgan fingerprint density at radius 2 is 2.12 bits per heavy atom. The fourth-order valence-corrected chi connectivity index (χ4v) is 1.51. The number of rotatable bonds is 1. The van der Waals surface area contributed by atoms with E-state index < -0.39 is 11.9 Å². The first-order valence-electron chi connectivity index (χ1n) is 4.88. The van der Waals surface area contributed by atoms with Crippen molar-refractivity contribution in [1.82, 2.24) is 15.3 Å². The Hall–Kier alpha value is -1.86. The molecule has 0 spiro atoms. The van der Waals surface area contributed by atoms with Crippen molar-refractivity contribution in [1.29, 1.82) is 0 Å². The minimum absolute atomic E-state index is 0.00824. The maximum atomic E-state index is 12.4. The van der Waals surface area contributed by atoms with Gasteiger partial charge in [-0.2, -0.15) is 13.2 Å². The van der Waals surface area contributed by atoms with E-state index in [2.05, 4.69) is 15.3 Å². The van der Waals surface area contributed by atoms with Gasteiger partial charge in [0.1, 0.15) is 17.8 Å². The van der Waals surface area contributed by atoms with Gasteiger partial charge in [-0.15, -0.1) is 0 Å². The quantitative estimate of drug-likeness (QED) is 0.780. The zero-order chi connectivity index (χ0) is 12.5. The molecule has 0 aromatic carbocycles. The summed E-state index contributed by atoms with van der Waals surface area (Å²) in [6.07, 6.45) is -3.65. The van der Waals surface area contributed by atoms with Crippen molar-refractivity contribution in [3.05, 3.63) is 18.1 Å². The smallest absolute Gasteiger partial charge is 0.353 e. The van der Waals surface area contributed by atoms with Crippen LogP contribution in [-0.2, 0) is 11.0 Å². The molecule has 1 saturated heterocycles. The van der Waals surface area contributed by atoms with Crippen molar-refractivity contribution in [3.63, 3.8) is 0 Å². The molecule has 17 heavy (non-hydrogen) atoms. The van der Waals surface area contributed by atoms with E-state index in [1.54, 1.807) is 0 Å². The van der Waals surface area contributed by atoms with Crippen molar-refractivity contribution in [2.45, 2.75) is 6.18 Å². The number of carbonyl (C=O) groups excluding carboxylic acids is 1. The van der Waals surface area contributed by atoms with Gasteiger partial charge in [-0.3, -0.25) is 4.79 Å². The van der Waals surface area contributed by atoms with Gasteiger partial charge >= 0.3 is 6.18 Å². The Labute approximate surface area is 94.7 Å². The Balaban J connectivity index is 2.24. The average Bonchev–Trinajstić information content (AvgIpc) is 2.28. The van der Waals surface area contributed by atoms with Gasteiger partial charge in [0.25, 0.3) is 0 Å². The zero-order valence-corrected chi connectivity index (χ0v) is 8.66. The van der Waals surface area contributed by atoms with Gasteiger partial charge in [-0.1, -0.05) is 0 Å². The second-order valence-corrected chi connectivity index (χ2v) is 3.53. The number of nitrogens with zero attached hydrogens (tertiary/aromatic N) is 3. The summed E-state index contributed by atoms with van der Waals surface area (Å²) in [5.41, 5.74) is -1.01. The van der Waals surface area contributed by atoms with Crippen LogP contribution in [0.4, 0.5) is 19.0 Å². The lowest BCUT2D eigenvalue weighted by atomic mass is 10.3. The predicted octanol–water partition coefficient (Wildman–Crippen LogP) is 0.432. The largest absolute Gasteiger partial charge is 0.433 e. The van der Waals surface area contributed by atoms with Crippen LogP contribution in [0.2, 0.25) is 0 Å². The molecule has 1 N–H and O–H groups in total. The summed E-state index contributed by atoms with van der Waals surface area (Å²) in [5, 5.41) is 2.58. The van der Waals surface area contributed by atoms with Gasteiger partial charge in [-0.05, 0) is 0 Å². The fourth-order valence-electron chi connectivity index (χ4n) is 1.51. The van der Waals surface area contributed by atoms with E-state index >= 15 is 0 Å². The van der Waals surface area contributed by atoms with Crippen molar-refractivity contribution in [2.75, 3.05) is 24.5 Å². The standard InChI is InChI=1S/C9H9F3N4O/c10-9(11,12)6-3-7(15-5-14-6)16-2-1-13-8(17)4-16/h3,5H,1-2,4H2,(H,13,17). The summed E-state index contributed by atoms with van der Waals surface area (Å²) in [4.78, 5) is 19.5. The normalized spacial score (nSPS) is 16.9. The summed E-state index contributed by atoms with van der Waals surface area (Å²) < 4.78 is 37.3. The highest BCUT2D eigenvalue weighted by Gasteiger charge is 2.33. The molecule has 1 aliphatic rings. The molecule has 0 bridgehead atoms. The van der Waals surface area contributed by atoms with E-state index in [1.165, 1.54) is 4.90 Å². The predicted molar refractivity (Wildman–Crippen MR) is 52.3 cm³/mol. The number of nitrogens with one attached hydrogen (secondary N) is 1. The maximum absolute atomic E-state index is 12.4. The molecular formula is C9H9F3N4O. The Bertz CT molecular complexity index is 434. The van der Waals surface area contributed by atoms with Gasteiger partial charge in [-0.25, -0.2) is 9.97 Å². The first-order chi connectivity index (χ1) is 7.97. The van der Waals surface area contributed by atoms with Gasteiger partial charge in [0.2, 0.25) is 5.91 Å². The topological polar surface area (TPSA) is 58.1 Å². The Morgan fingerprint density at radius 1 is 1.35 bits per heavy atom. The molecule has 1 fully saturated rings. The van der Waals surface area contributed by atoms with Gasteiger partial charge in [0, 0.05) is 19.2 Å². The summed E-state index contributed by atoms with van der Waals surface area (Å²) in [6, 6.07) is 0.846. The lowest BCUT2D eigenvalue weighted by Gasteiger charge is -2.27. The molecule has 2 rings (SSSR count).